The number of benzene rings is 2. The number of hydrogen-bond acceptors (Lipinski definition) is 8. The largest absolute Gasteiger partial charge is 0.389 e. The first kappa shape index (κ1) is 29.1. The second-order valence-electron chi connectivity index (χ2n) is 11.2. The molecule has 2 aromatic heterocycles. The minimum atomic E-state index is -0.940. The Hall–Kier alpha value is -4.41. The second-order valence-corrected chi connectivity index (χ2v) is 11.2. The minimum Gasteiger partial charge on any atom is -0.389 e. The number of hydrogen-bond donors (Lipinski definition) is 3. The topological polar surface area (TPSA) is 116 Å². The van der Waals surface area contributed by atoms with Crippen LogP contribution in [0.5, 0.6) is 0 Å². The quantitative estimate of drug-likeness (QED) is 0.270. The first-order valence-electron chi connectivity index (χ1n) is 13.8. The normalized spacial score (nSPS) is 16.1. The van der Waals surface area contributed by atoms with Gasteiger partial charge in [-0.1, -0.05) is 18.2 Å². The summed E-state index contributed by atoms with van der Waals surface area (Å²) in [6.07, 6.45) is 4.63. The Kier molecular flexibility index (Phi) is 8.20. The fourth-order valence-electron chi connectivity index (χ4n) is 5.08. The Morgan fingerprint density at radius 3 is 2.64 bits per heavy atom. The maximum atomic E-state index is 13.8. The van der Waals surface area contributed by atoms with Gasteiger partial charge in [-0.05, 0) is 67.8 Å². The van der Waals surface area contributed by atoms with Crippen molar-refractivity contribution in [1.82, 2.24) is 19.9 Å². The van der Waals surface area contributed by atoms with E-state index in [-0.39, 0.29) is 24.0 Å². The lowest BCUT2D eigenvalue weighted by atomic mass is 10.0. The van der Waals surface area contributed by atoms with E-state index in [4.69, 9.17) is 20.1 Å². The molecule has 0 bridgehead atoms. The number of rotatable bonds is 8. The van der Waals surface area contributed by atoms with Crippen molar-refractivity contribution < 1.29 is 14.2 Å². The number of nitrogens with one attached hydrogen (secondary N) is 2. The molecule has 1 aliphatic rings. The number of pyridine rings is 1. The van der Waals surface area contributed by atoms with Gasteiger partial charge < -0.3 is 30.0 Å². The highest BCUT2D eigenvalue weighted by atomic mass is 19.1. The third-order valence-corrected chi connectivity index (χ3v) is 7.23. The zero-order chi connectivity index (χ0) is 30.0. The Bertz CT molecular complexity index is 1680. The summed E-state index contributed by atoms with van der Waals surface area (Å²) in [7, 11) is 1.74. The van der Waals surface area contributed by atoms with Crippen LogP contribution in [-0.2, 0) is 11.8 Å². The number of morpholine rings is 1. The molecule has 9 nitrogen and oxygen atoms in total. The van der Waals surface area contributed by atoms with E-state index < -0.39 is 5.60 Å². The van der Waals surface area contributed by atoms with Gasteiger partial charge in [0, 0.05) is 49.7 Å². The lowest BCUT2D eigenvalue weighted by molar-refractivity contribution is 0.0836. The second kappa shape index (κ2) is 11.8. The van der Waals surface area contributed by atoms with E-state index in [9.17, 15) is 14.3 Å². The van der Waals surface area contributed by atoms with Gasteiger partial charge in [0.1, 0.15) is 11.6 Å². The summed E-state index contributed by atoms with van der Waals surface area (Å²) in [6.45, 7) is 6.89. The molecule has 3 heterocycles. The molecule has 0 radical (unpaired) electrons. The number of halogens is 1. The summed E-state index contributed by atoms with van der Waals surface area (Å²) in [6, 6.07) is 13.9. The van der Waals surface area contributed by atoms with Crippen LogP contribution in [0.4, 0.5) is 10.2 Å². The number of anilines is 1. The average Bonchev–Trinajstić information content (AvgIpc) is 2.97. The van der Waals surface area contributed by atoms with E-state index in [0.29, 0.717) is 48.1 Å². The van der Waals surface area contributed by atoms with Crippen LogP contribution in [0.2, 0.25) is 0 Å². The zero-order valence-corrected chi connectivity index (χ0v) is 24.2. The van der Waals surface area contributed by atoms with Gasteiger partial charge >= 0.3 is 0 Å². The van der Waals surface area contributed by atoms with Crippen LogP contribution in [0.15, 0.2) is 65.7 Å². The number of ether oxygens (including phenoxy) is 1. The van der Waals surface area contributed by atoms with Crippen molar-refractivity contribution in [3.8, 4) is 11.1 Å². The lowest BCUT2D eigenvalue weighted by Crippen LogP contribution is -2.40. The number of fused-ring (bicyclic) bond motifs is 1. The van der Waals surface area contributed by atoms with Crippen LogP contribution in [0.3, 0.4) is 0 Å². The number of allylic oxidation sites excluding steroid dienone is 1. The Morgan fingerprint density at radius 2 is 1.95 bits per heavy atom. The maximum Gasteiger partial charge on any atom is 0.253 e. The highest BCUT2D eigenvalue weighted by Gasteiger charge is 2.28. The van der Waals surface area contributed by atoms with Gasteiger partial charge in [0.25, 0.3) is 5.56 Å². The molecule has 1 aliphatic heterocycles. The van der Waals surface area contributed by atoms with Crippen molar-refractivity contribution in [2.45, 2.75) is 32.4 Å². The van der Waals surface area contributed by atoms with Crippen molar-refractivity contribution in [3.05, 3.63) is 94.1 Å². The van der Waals surface area contributed by atoms with E-state index in [1.54, 1.807) is 50.7 Å². The van der Waals surface area contributed by atoms with Crippen molar-refractivity contribution in [2.75, 3.05) is 31.2 Å². The Labute approximate surface area is 243 Å². The highest BCUT2D eigenvalue weighted by molar-refractivity contribution is 6.07. The number of aryl methyl sites for hydroxylation is 2. The van der Waals surface area contributed by atoms with Gasteiger partial charge in [-0.15, -0.1) is 0 Å². The van der Waals surface area contributed by atoms with Gasteiger partial charge in [0.05, 0.1) is 35.9 Å². The van der Waals surface area contributed by atoms with Gasteiger partial charge in [0.2, 0.25) is 0 Å². The van der Waals surface area contributed by atoms with E-state index in [1.165, 1.54) is 18.3 Å². The zero-order valence-electron chi connectivity index (χ0n) is 24.2. The highest BCUT2D eigenvalue weighted by Crippen LogP contribution is 2.36. The van der Waals surface area contributed by atoms with Gasteiger partial charge in [-0.25, -0.2) is 14.4 Å². The number of nitrogens with zero attached hydrogens (tertiary/aromatic N) is 4. The standard InChI is InChI=1S/C32H35FN6O3/c1-20-13-23(17-38(4)31(20)40)22-7-10-27-26(14-22)30(37-29(36-27)24(15-34)16-35-19-32(2,3)41)39-11-12-42-18-28(39)21-5-8-25(33)9-6-21/h5-10,13-17,28,34-35,41H,11-12,18-19H2,1-4H3/b24-16+,34-15?. The average molecular weight is 571 g/mol. The summed E-state index contributed by atoms with van der Waals surface area (Å²) >= 11 is 0. The van der Waals surface area contributed by atoms with Gasteiger partial charge in [0.15, 0.2) is 5.82 Å². The predicted molar refractivity (Wildman–Crippen MR) is 163 cm³/mol. The first-order chi connectivity index (χ1) is 20.0. The molecule has 4 aromatic rings. The van der Waals surface area contributed by atoms with Gasteiger partial charge in [-0.3, -0.25) is 4.79 Å². The first-order valence-corrected chi connectivity index (χ1v) is 13.8. The molecule has 2 aromatic carbocycles. The molecule has 218 valence electrons. The molecule has 1 unspecified atom stereocenters. The summed E-state index contributed by atoms with van der Waals surface area (Å²) in [5, 5.41) is 22.1. The molecule has 0 spiro atoms. The van der Waals surface area contributed by atoms with E-state index in [1.807, 2.05) is 30.5 Å². The fraction of sp³-hybridized carbons (Fsp3) is 0.312. The van der Waals surface area contributed by atoms with Crippen LogP contribution in [0.1, 0.15) is 36.8 Å². The molecular formula is C32H35FN6O3. The molecular weight excluding hydrogens is 535 g/mol. The van der Waals surface area contributed by atoms with Crippen LogP contribution in [-0.4, -0.2) is 57.8 Å². The summed E-state index contributed by atoms with van der Waals surface area (Å²) in [5.41, 5.74) is 3.47. The van der Waals surface area contributed by atoms with E-state index in [0.717, 1.165) is 22.1 Å². The maximum absolute atomic E-state index is 13.8. The molecule has 42 heavy (non-hydrogen) atoms. The van der Waals surface area contributed by atoms with E-state index in [2.05, 4.69) is 10.2 Å². The third-order valence-electron chi connectivity index (χ3n) is 7.23. The van der Waals surface area contributed by atoms with Crippen LogP contribution in [0, 0.1) is 18.2 Å². The van der Waals surface area contributed by atoms with E-state index >= 15 is 0 Å². The third kappa shape index (κ3) is 6.24. The molecule has 0 aliphatic carbocycles. The van der Waals surface area contributed by atoms with Crippen LogP contribution >= 0.6 is 0 Å². The molecule has 10 heteroatoms. The Balaban J connectivity index is 1.69. The number of aliphatic hydroxyl groups is 1. The fourth-order valence-corrected chi connectivity index (χ4v) is 5.08. The molecule has 1 atom stereocenters. The molecule has 3 N–H and O–H groups in total. The van der Waals surface area contributed by atoms with Crippen molar-refractivity contribution in [3.63, 3.8) is 0 Å². The smallest absolute Gasteiger partial charge is 0.253 e. The SMILES string of the molecule is Cc1cc(-c2ccc3nc(/C(C=N)=C/NCC(C)(C)O)nc(N4CCOCC4c4ccc(F)cc4)c3c2)cn(C)c1=O. The minimum absolute atomic E-state index is 0.0483. The van der Waals surface area contributed by atoms with Gasteiger partial charge in [-0.2, -0.15) is 0 Å². The molecule has 0 saturated carbocycles. The van der Waals surface area contributed by atoms with Crippen molar-refractivity contribution >= 4 is 28.5 Å². The summed E-state index contributed by atoms with van der Waals surface area (Å²) < 4.78 is 21.2. The molecule has 5 rings (SSSR count). The predicted octanol–water partition coefficient (Wildman–Crippen LogP) is 4.37. The molecule has 0 amide bonds. The summed E-state index contributed by atoms with van der Waals surface area (Å²) in [4.78, 5) is 24.3. The Morgan fingerprint density at radius 1 is 1.19 bits per heavy atom. The monoisotopic (exact) mass is 570 g/mol. The summed E-state index contributed by atoms with van der Waals surface area (Å²) in [5.74, 6) is 0.699. The van der Waals surface area contributed by atoms with Crippen molar-refractivity contribution in [1.29, 1.82) is 5.41 Å². The number of aromatic nitrogens is 3. The van der Waals surface area contributed by atoms with Crippen LogP contribution in [0.25, 0.3) is 27.6 Å². The lowest BCUT2D eigenvalue weighted by Gasteiger charge is -2.37. The molecule has 1 fully saturated rings. The van der Waals surface area contributed by atoms with Crippen LogP contribution < -0.4 is 15.8 Å². The molecule has 1 saturated heterocycles. The van der Waals surface area contributed by atoms with Crippen molar-refractivity contribution in [2.24, 2.45) is 7.05 Å².